The largest absolute Gasteiger partial charge is 0.493 e. The summed E-state index contributed by atoms with van der Waals surface area (Å²) >= 11 is 1.94. The first kappa shape index (κ1) is 59.0. The van der Waals surface area contributed by atoms with E-state index in [-0.39, 0.29) is 0 Å². The number of aryl methyl sites for hydroxylation is 4. The van der Waals surface area contributed by atoms with Gasteiger partial charge in [0.25, 0.3) is 0 Å². The second-order valence-corrected chi connectivity index (χ2v) is 23.0. The predicted molar refractivity (Wildman–Crippen MR) is 354 cm³/mol. The number of anilines is 9. The van der Waals surface area contributed by atoms with E-state index in [1.165, 1.54) is 51.4 Å². The highest BCUT2D eigenvalue weighted by Crippen LogP contribution is 2.44. The van der Waals surface area contributed by atoms with Crippen molar-refractivity contribution in [1.82, 2.24) is 0 Å². The fraction of sp³-hybridized carbons (Fsp3) is 0.289. The lowest BCUT2D eigenvalue weighted by Crippen LogP contribution is -2.12. The summed E-state index contributed by atoms with van der Waals surface area (Å²) in [5.74, 6) is 2.77. The van der Waals surface area contributed by atoms with Crippen LogP contribution in [-0.2, 0) is 12.8 Å². The van der Waals surface area contributed by atoms with Crippen LogP contribution < -0.4 is 24.2 Å². The van der Waals surface area contributed by atoms with Gasteiger partial charge in [-0.25, -0.2) is 0 Å². The van der Waals surface area contributed by atoms with Gasteiger partial charge in [0.05, 0.1) is 18.9 Å². The maximum Gasteiger partial charge on any atom is 0.125 e. The highest BCUT2D eigenvalue weighted by molar-refractivity contribution is 7.99. The Morgan fingerprint density at radius 2 is 0.805 bits per heavy atom. The lowest BCUT2D eigenvalue weighted by Gasteiger charge is -2.28. The minimum Gasteiger partial charge on any atom is -0.493 e. The van der Waals surface area contributed by atoms with Crippen LogP contribution in [0.4, 0.5) is 51.2 Å². The van der Waals surface area contributed by atoms with Gasteiger partial charge in [0.1, 0.15) is 11.5 Å². The summed E-state index contributed by atoms with van der Waals surface area (Å²) in [5.41, 5.74) is 19.8. The highest BCUT2D eigenvalue weighted by atomic mass is 32.2. The molecular weight excluding hydrogens is 1020 g/mol. The van der Waals surface area contributed by atoms with E-state index >= 15 is 0 Å². The predicted octanol–water partition coefficient (Wildman–Crippen LogP) is 23.0. The Labute approximate surface area is 496 Å². The number of benzene rings is 9. The zero-order chi connectivity index (χ0) is 57.0. The molecule has 0 amide bonds. The van der Waals surface area contributed by atoms with Crippen molar-refractivity contribution in [2.75, 3.05) is 33.7 Å². The molecule has 0 aliphatic rings. The van der Waals surface area contributed by atoms with Gasteiger partial charge in [0, 0.05) is 68.6 Å². The van der Waals surface area contributed by atoms with Gasteiger partial charge in [-0.1, -0.05) is 152 Å². The van der Waals surface area contributed by atoms with Crippen molar-refractivity contribution < 1.29 is 9.47 Å². The fourth-order valence-corrected chi connectivity index (χ4v) is 11.6. The van der Waals surface area contributed by atoms with Crippen LogP contribution >= 0.6 is 11.8 Å². The van der Waals surface area contributed by atoms with Crippen LogP contribution in [0.25, 0.3) is 22.3 Å². The van der Waals surface area contributed by atoms with Crippen LogP contribution in [-0.4, -0.2) is 19.0 Å². The summed E-state index contributed by atoms with van der Waals surface area (Å²) in [6, 6.07) is 76.6. The quantitative estimate of drug-likeness (QED) is 0.0343. The van der Waals surface area contributed by atoms with E-state index < -0.39 is 0 Å². The minimum atomic E-state index is 0.661. The Hall–Kier alpha value is -7.67. The molecule has 0 aromatic heterocycles. The zero-order valence-corrected chi connectivity index (χ0v) is 50.6. The molecule has 0 atom stereocenters. The molecule has 0 aliphatic carbocycles. The number of hydrogen-bond donors (Lipinski definition) is 0. The van der Waals surface area contributed by atoms with Gasteiger partial charge >= 0.3 is 0 Å². The van der Waals surface area contributed by atoms with Crippen molar-refractivity contribution >= 4 is 62.9 Å². The first-order chi connectivity index (χ1) is 40.2. The van der Waals surface area contributed by atoms with Crippen molar-refractivity contribution in [2.45, 2.75) is 130 Å². The minimum absolute atomic E-state index is 0.661. The Morgan fingerprint density at radius 3 is 1.34 bits per heavy atom. The summed E-state index contributed by atoms with van der Waals surface area (Å²) in [5, 5.41) is 0. The van der Waals surface area contributed by atoms with E-state index in [9.17, 15) is 0 Å². The molecule has 0 bridgehead atoms. The second-order valence-electron chi connectivity index (χ2n) is 21.8. The second kappa shape index (κ2) is 29.9. The van der Waals surface area contributed by atoms with Gasteiger partial charge in [0.2, 0.25) is 0 Å². The molecule has 0 radical (unpaired) electrons. The van der Waals surface area contributed by atoms with Gasteiger partial charge in [-0.05, 0) is 212 Å². The van der Waals surface area contributed by atoms with Gasteiger partial charge < -0.3 is 24.2 Å². The van der Waals surface area contributed by atoms with Crippen LogP contribution in [0, 0.1) is 13.8 Å². The molecule has 0 saturated carbocycles. The molecule has 5 nitrogen and oxygen atoms in total. The van der Waals surface area contributed by atoms with E-state index in [2.05, 4.69) is 263 Å². The molecule has 9 aromatic rings. The van der Waals surface area contributed by atoms with Crippen LogP contribution in [0.1, 0.15) is 121 Å². The van der Waals surface area contributed by atoms with Crippen molar-refractivity contribution in [3.05, 3.63) is 229 Å². The third-order valence-corrected chi connectivity index (χ3v) is 16.3. The molecule has 0 N–H and O–H groups in total. The van der Waals surface area contributed by atoms with Crippen LogP contribution in [0.2, 0.25) is 0 Å². The molecule has 0 saturated heterocycles. The number of thioether (sulfide) groups is 1. The first-order valence-corrected chi connectivity index (χ1v) is 31.4. The van der Waals surface area contributed by atoms with Gasteiger partial charge in [0.15, 0.2) is 0 Å². The standard InChI is InChI=1S/C76H85N3O2S/c1-8-13-26-59-48-60(27-14-9-2)50-71(49-59)77(68-32-22-29-63(52-68)64-30-23-34-70(53-64)79(76-35-19-18-25-58(76)7)66-40-42-75(43-41-66)82-46-17-12-5)65-38-36-61(37-39-65)62-28-21-33-69(51-62)78(67-31-20-24-57(6)47-67)72-54-73(80-44-15-10-3)56-74(55-72)81-45-16-11-4/h18-25,28-43,47-56H,8-17,26-27,44-46H2,1-7H3. The summed E-state index contributed by atoms with van der Waals surface area (Å²) in [7, 11) is 0. The van der Waals surface area contributed by atoms with Crippen molar-refractivity contribution in [3.8, 4) is 33.8 Å². The summed E-state index contributed by atoms with van der Waals surface area (Å²) in [4.78, 5) is 8.54. The summed E-state index contributed by atoms with van der Waals surface area (Å²) < 4.78 is 12.8. The Balaban J connectivity index is 1.11. The summed E-state index contributed by atoms with van der Waals surface area (Å²) in [6.45, 7) is 16.9. The number of unbranched alkanes of at least 4 members (excludes halogenated alkanes) is 5. The van der Waals surface area contributed by atoms with Gasteiger partial charge in [-0.2, -0.15) is 0 Å². The maximum atomic E-state index is 6.39. The van der Waals surface area contributed by atoms with E-state index in [0.29, 0.717) is 13.2 Å². The fourth-order valence-electron chi connectivity index (χ4n) is 10.6. The molecule has 0 spiro atoms. The smallest absolute Gasteiger partial charge is 0.125 e. The topological polar surface area (TPSA) is 28.2 Å². The molecule has 0 heterocycles. The molecule has 0 unspecified atom stereocenters. The Kier molecular flexibility index (Phi) is 21.5. The van der Waals surface area contributed by atoms with Crippen LogP contribution in [0.15, 0.2) is 211 Å². The average Bonchev–Trinajstić information content (AvgIpc) is 3.64. The molecule has 6 heteroatoms. The lowest BCUT2D eigenvalue weighted by molar-refractivity contribution is 0.294. The van der Waals surface area contributed by atoms with Crippen molar-refractivity contribution in [1.29, 1.82) is 0 Å². The molecule has 82 heavy (non-hydrogen) atoms. The highest BCUT2D eigenvalue weighted by Gasteiger charge is 2.21. The Bertz CT molecular complexity index is 3390. The zero-order valence-electron chi connectivity index (χ0n) is 49.8. The number of para-hydroxylation sites is 1. The van der Waals surface area contributed by atoms with E-state index in [1.807, 2.05) is 17.8 Å². The first-order valence-electron chi connectivity index (χ1n) is 30.5. The van der Waals surface area contributed by atoms with Gasteiger partial charge in [-0.3, -0.25) is 0 Å². The van der Waals surface area contributed by atoms with E-state index in [1.54, 1.807) is 0 Å². The van der Waals surface area contributed by atoms with Gasteiger partial charge in [-0.15, -0.1) is 11.8 Å². The number of rotatable bonds is 29. The third kappa shape index (κ3) is 15.5. The van der Waals surface area contributed by atoms with Crippen molar-refractivity contribution in [3.63, 3.8) is 0 Å². The molecule has 9 rings (SSSR count). The number of ether oxygens (including phenoxy) is 2. The molecular formula is C76H85N3O2S. The molecule has 9 aromatic carbocycles. The normalized spacial score (nSPS) is 11.2. The van der Waals surface area contributed by atoms with Crippen LogP contribution in [0.5, 0.6) is 11.5 Å². The SMILES string of the molecule is CCCCOc1cc(OCCCC)cc(N(c2cccc(C)c2)c2cccc(-c3ccc(N(c4cc(CCCC)cc(CCCC)c4)c4cccc(-c5cccc(N(c6ccc(SCCCC)cc6)c6ccccc6C)c5)c4)cc3)c2)c1. The summed E-state index contributed by atoms with van der Waals surface area (Å²) in [6.07, 6.45) is 13.3. The number of nitrogens with zero attached hydrogens (tertiary/aromatic N) is 3. The maximum absolute atomic E-state index is 6.39. The molecule has 0 aliphatic heterocycles. The molecule has 422 valence electrons. The monoisotopic (exact) mass is 1100 g/mol. The van der Waals surface area contributed by atoms with E-state index in [0.717, 1.165) is 144 Å². The molecule has 0 fully saturated rings. The third-order valence-electron chi connectivity index (χ3n) is 15.2. The van der Waals surface area contributed by atoms with Crippen molar-refractivity contribution in [2.24, 2.45) is 0 Å². The lowest BCUT2D eigenvalue weighted by atomic mass is 9.99. The Morgan fingerprint density at radius 1 is 0.341 bits per heavy atom. The number of hydrogen-bond acceptors (Lipinski definition) is 6. The average molecular weight is 1100 g/mol. The van der Waals surface area contributed by atoms with E-state index in [4.69, 9.17) is 9.47 Å². The van der Waals surface area contributed by atoms with Crippen LogP contribution in [0.3, 0.4) is 0 Å².